The summed E-state index contributed by atoms with van der Waals surface area (Å²) in [6.45, 7) is 2.03. The van der Waals surface area contributed by atoms with Gasteiger partial charge in [0.1, 0.15) is 12.4 Å². The maximum absolute atomic E-state index is 12.3. The van der Waals surface area contributed by atoms with Gasteiger partial charge in [-0.15, -0.1) is 0 Å². The summed E-state index contributed by atoms with van der Waals surface area (Å²) in [6, 6.07) is 18.6. The van der Waals surface area contributed by atoms with Gasteiger partial charge in [0, 0.05) is 6.07 Å². The number of benzene rings is 3. The lowest BCUT2D eigenvalue weighted by atomic mass is 10.1. The number of phenols is 1. The van der Waals surface area contributed by atoms with Crippen LogP contribution < -0.4 is 4.74 Å². The molecule has 0 heterocycles. The zero-order chi connectivity index (χ0) is 20.8. The number of nitro groups is 1. The van der Waals surface area contributed by atoms with Crippen molar-refractivity contribution < 1.29 is 19.6 Å². The fourth-order valence-electron chi connectivity index (χ4n) is 2.75. The van der Waals surface area contributed by atoms with Crippen LogP contribution >= 0.6 is 0 Å². The molecule has 0 aromatic heterocycles. The molecule has 0 unspecified atom stereocenters. The molecule has 0 aliphatic heterocycles. The van der Waals surface area contributed by atoms with Crippen molar-refractivity contribution in [3.8, 4) is 11.5 Å². The van der Waals surface area contributed by atoms with Crippen LogP contribution in [-0.4, -0.2) is 15.8 Å². The largest absolute Gasteiger partial charge is 0.507 e. The summed E-state index contributed by atoms with van der Waals surface area (Å²) < 4.78 is 5.60. The molecule has 6 heteroatoms. The number of carbonyl (C=O) groups excluding carboxylic acids is 1. The molecule has 3 aromatic rings. The molecular weight excluding hydrogens is 370 g/mol. The van der Waals surface area contributed by atoms with Gasteiger partial charge in [-0.2, -0.15) is 0 Å². The van der Waals surface area contributed by atoms with E-state index in [4.69, 9.17) is 4.74 Å². The predicted molar refractivity (Wildman–Crippen MR) is 110 cm³/mol. The molecule has 3 rings (SSSR count). The summed E-state index contributed by atoms with van der Waals surface area (Å²) in [4.78, 5) is 23.2. The molecule has 1 N–H and O–H groups in total. The van der Waals surface area contributed by atoms with Gasteiger partial charge in [0.05, 0.1) is 10.5 Å². The molecule has 0 amide bonds. The van der Waals surface area contributed by atoms with E-state index in [0.29, 0.717) is 5.56 Å². The highest BCUT2D eigenvalue weighted by Gasteiger charge is 2.16. The summed E-state index contributed by atoms with van der Waals surface area (Å²) in [5.41, 5.74) is 2.21. The first-order valence-electron chi connectivity index (χ1n) is 8.91. The highest BCUT2D eigenvalue weighted by molar-refractivity contribution is 6.08. The maximum Gasteiger partial charge on any atom is 0.311 e. The quantitative estimate of drug-likeness (QED) is 0.263. The topological polar surface area (TPSA) is 89.7 Å². The molecule has 0 saturated heterocycles. The van der Waals surface area contributed by atoms with E-state index in [9.17, 15) is 20.0 Å². The van der Waals surface area contributed by atoms with Crippen LogP contribution in [0.3, 0.4) is 0 Å². The standard InChI is InChI=1S/C23H19NO5/c1-16-7-10-21(25)19(13-16)22(26)11-8-17-9-12-23(20(14-17)24(27)28)29-15-18-5-3-2-4-6-18/h2-14,25H,15H2,1H3/b11-8+. The number of ketones is 1. The number of hydrogen-bond acceptors (Lipinski definition) is 5. The van der Waals surface area contributed by atoms with Crippen molar-refractivity contribution in [2.75, 3.05) is 0 Å². The lowest BCUT2D eigenvalue weighted by molar-refractivity contribution is -0.386. The molecule has 0 fully saturated rings. The Morgan fingerprint density at radius 1 is 1.10 bits per heavy atom. The van der Waals surface area contributed by atoms with Gasteiger partial charge in [-0.3, -0.25) is 14.9 Å². The lowest BCUT2D eigenvalue weighted by Crippen LogP contribution is -1.99. The molecule has 0 atom stereocenters. The second kappa shape index (κ2) is 8.84. The van der Waals surface area contributed by atoms with Gasteiger partial charge < -0.3 is 9.84 Å². The Morgan fingerprint density at radius 2 is 1.86 bits per heavy atom. The second-order valence-electron chi connectivity index (χ2n) is 6.48. The van der Waals surface area contributed by atoms with Crippen LogP contribution in [0.2, 0.25) is 0 Å². The van der Waals surface area contributed by atoms with Crippen LogP contribution in [-0.2, 0) is 6.61 Å². The van der Waals surface area contributed by atoms with Gasteiger partial charge in [-0.05, 0) is 42.3 Å². The fraction of sp³-hybridized carbons (Fsp3) is 0.0870. The molecule has 0 bridgehead atoms. The number of carbonyl (C=O) groups is 1. The molecular formula is C23H19NO5. The smallest absolute Gasteiger partial charge is 0.311 e. The highest BCUT2D eigenvalue weighted by Crippen LogP contribution is 2.29. The Morgan fingerprint density at radius 3 is 2.59 bits per heavy atom. The fourth-order valence-corrected chi connectivity index (χ4v) is 2.75. The first-order valence-corrected chi connectivity index (χ1v) is 8.91. The van der Waals surface area contributed by atoms with Gasteiger partial charge >= 0.3 is 5.69 Å². The van der Waals surface area contributed by atoms with Crippen molar-refractivity contribution in [1.29, 1.82) is 0 Å². The number of aromatic hydroxyl groups is 1. The van der Waals surface area contributed by atoms with E-state index in [-0.39, 0.29) is 29.4 Å². The van der Waals surface area contributed by atoms with Crippen LogP contribution in [0.15, 0.2) is 72.8 Å². The Kier molecular flexibility index (Phi) is 6.04. The lowest BCUT2D eigenvalue weighted by Gasteiger charge is -2.07. The van der Waals surface area contributed by atoms with Crippen LogP contribution in [0.1, 0.15) is 27.0 Å². The summed E-state index contributed by atoms with van der Waals surface area (Å²) in [5.74, 6) is -0.349. The van der Waals surface area contributed by atoms with Crippen molar-refractivity contribution in [3.63, 3.8) is 0 Å². The number of aryl methyl sites for hydroxylation is 1. The first-order chi connectivity index (χ1) is 13.9. The van der Waals surface area contributed by atoms with Gasteiger partial charge in [0.15, 0.2) is 11.5 Å². The van der Waals surface area contributed by atoms with E-state index in [2.05, 4.69) is 0 Å². The SMILES string of the molecule is Cc1ccc(O)c(C(=O)/C=C/c2ccc(OCc3ccccc3)c([N+](=O)[O-])c2)c1. The van der Waals surface area contributed by atoms with Gasteiger partial charge in [0.25, 0.3) is 0 Å². The van der Waals surface area contributed by atoms with E-state index in [0.717, 1.165) is 11.1 Å². The number of rotatable bonds is 7. The minimum absolute atomic E-state index is 0.110. The first kappa shape index (κ1) is 19.8. The average Bonchev–Trinajstić information content (AvgIpc) is 2.73. The van der Waals surface area contributed by atoms with E-state index >= 15 is 0 Å². The van der Waals surface area contributed by atoms with E-state index < -0.39 is 10.7 Å². The van der Waals surface area contributed by atoms with Crippen molar-refractivity contribution in [2.45, 2.75) is 13.5 Å². The molecule has 0 aliphatic rings. The highest BCUT2D eigenvalue weighted by atomic mass is 16.6. The van der Waals surface area contributed by atoms with Gasteiger partial charge in [-0.25, -0.2) is 0 Å². The van der Waals surface area contributed by atoms with Crippen molar-refractivity contribution in [2.24, 2.45) is 0 Å². The number of phenolic OH excluding ortho intramolecular Hbond substituents is 1. The summed E-state index contributed by atoms with van der Waals surface area (Å²) >= 11 is 0. The Labute approximate surface area is 167 Å². The molecule has 29 heavy (non-hydrogen) atoms. The summed E-state index contributed by atoms with van der Waals surface area (Å²) in [7, 11) is 0. The Hall–Kier alpha value is -3.93. The van der Waals surface area contributed by atoms with Crippen molar-refractivity contribution >= 4 is 17.5 Å². The number of nitrogens with zero attached hydrogens (tertiary/aromatic N) is 1. The molecule has 0 aliphatic carbocycles. The molecule has 0 radical (unpaired) electrons. The molecule has 0 saturated carbocycles. The van der Waals surface area contributed by atoms with Crippen molar-refractivity contribution in [3.05, 3.63) is 105 Å². The Bertz CT molecular complexity index is 1070. The van der Waals surface area contributed by atoms with Crippen LogP contribution in [0, 0.1) is 17.0 Å². The zero-order valence-electron chi connectivity index (χ0n) is 15.7. The third-order valence-electron chi connectivity index (χ3n) is 4.26. The molecule has 0 spiro atoms. The van der Waals surface area contributed by atoms with Crippen molar-refractivity contribution in [1.82, 2.24) is 0 Å². The monoisotopic (exact) mass is 389 g/mol. The van der Waals surface area contributed by atoms with E-state index in [1.54, 1.807) is 18.2 Å². The minimum atomic E-state index is -0.522. The summed E-state index contributed by atoms with van der Waals surface area (Å²) in [6.07, 6.45) is 2.75. The van der Waals surface area contributed by atoms with Gasteiger partial charge in [-0.1, -0.05) is 54.1 Å². The number of hydrogen-bond donors (Lipinski definition) is 1. The van der Waals surface area contributed by atoms with E-state index in [1.807, 2.05) is 37.3 Å². The minimum Gasteiger partial charge on any atom is -0.507 e. The van der Waals surface area contributed by atoms with Crippen LogP contribution in [0.5, 0.6) is 11.5 Å². The normalized spacial score (nSPS) is 10.8. The van der Waals surface area contributed by atoms with Crippen LogP contribution in [0.25, 0.3) is 6.08 Å². The third-order valence-corrected chi connectivity index (χ3v) is 4.26. The van der Waals surface area contributed by atoms with Gasteiger partial charge in [0.2, 0.25) is 0 Å². The second-order valence-corrected chi connectivity index (χ2v) is 6.48. The number of allylic oxidation sites excluding steroid dienone is 1. The molecule has 3 aromatic carbocycles. The number of nitro benzene ring substituents is 1. The summed E-state index contributed by atoms with van der Waals surface area (Å²) in [5, 5.41) is 21.3. The van der Waals surface area contributed by atoms with E-state index in [1.165, 1.54) is 30.4 Å². The Balaban J connectivity index is 1.79. The number of ether oxygens (including phenoxy) is 1. The third kappa shape index (κ3) is 5.07. The molecule has 6 nitrogen and oxygen atoms in total. The predicted octanol–water partition coefficient (Wildman–Crippen LogP) is 5.08. The average molecular weight is 389 g/mol. The zero-order valence-corrected chi connectivity index (χ0v) is 15.7. The van der Waals surface area contributed by atoms with Crippen LogP contribution in [0.4, 0.5) is 5.69 Å². The molecule has 146 valence electrons. The maximum atomic E-state index is 12.3.